The Morgan fingerprint density at radius 2 is 1.95 bits per heavy atom. The lowest BCUT2D eigenvalue weighted by Gasteiger charge is -2.29. The monoisotopic (exact) mass is 575 g/mol. The summed E-state index contributed by atoms with van der Waals surface area (Å²) < 4.78 is 20.2. The molecule has 1 unspecified atom stereocenters. The molecule has 0 aliphatic carbocycles. The van der Waals surface area contributed by atoms with Crippen molar-refractivity contribution in [1.82, 2.24) is 14.1 Å². The maximum atomic E-state index is 14.2. The van der Waals surface area contributed by atoms with Crippen LogP contribution in [0.3, 0.4) is 0 Å². The number of fused-ring (bicyclic) bond motifs is 1. The Morgan fingerprint density at radius 3 is 2.66 bits per heavy atom. The molecular weight excluding hydrogens is 546 g/mol. The van der Waals surface area contributed by atoms with Gasteiger partial charge in [0.25, 0.3) is 5.56 Å². The minimum absolute atomic E-state index is 0.0604. The molecule has 1 aliphatic heterocycles. The molecule has 5 rings (SSSR count). The fourth-order valence-corrected chi connectivity index (χ4v) is 6.17. The van der Waals surface area contributed by atoms with Crippen LogP contribution in [0.25, 0.3) is 16.0 Å². The summed E-state index contributed by atoms with van der Waals surface area (Å²) in [5.41, 5.74) is -0.138. The fourth-order valence-electron chi connectivity index (χ4n) is 4.97. The van der Waals surface area contributed by atoms with E-state index in [0.29, 0.717) is 52.5 Å². The number of hydrogen-bond acceptors (Lipinski definition) is 8. The van der Waals surface area contributed by atoms with E-state index in [9.17, 15) is 19.5 Å². The first-order chi connectivity index (χ1) is 19.8. The van der Waals surface area contributed by atoms with Gasteiger partial charge in [0.2, 0.25) is 0 Å². The first-order valence-electron chi connectivity index (χ1n) is 13.1. The largest absolute Gasteiger partial charge is 0.496 e. The number of hydrogen-bond donors (Lipinski definition) is 1. The van der Waals surface area contributed by atoms with Gasteiger partial charge in [0.1, 0.15) is 22.5 Å². The van der Waals surface area contributed by atoms with E-state index in [4.69, 9.17) is 14.2 Å². The number of para-hydroxylation sites is 1. The van der Waals surface area contributed by atoms with Gasteiger partial charge in [0.15, 0.2) is 5.69 Å². The van der Waals surface area contributed by atoms with Crippen LogP contribution in [-0.2, 0) is 16.0 Å². The third kappa shape index (κ3) is 5.54. The average molecular weight is 576 g/mol. The number of benzene rings is 1. The molecule has 0 amide bonds. The number of thiophene rings is 1. The van der Waals surface area contributed by atoms with Crippen LogP contribution in [-0.4, -0.2) is 51.6 Å². The zero-order valence-electron chi connectivity index (χ0n) is 22.9. The molecule has 1 aliphatic rings. The molecule has 0 saturated carbocycles. The maximum Gasteiger partial charge on any atom is 0.354 e. The summed E-state index contributed by atoms with van der Waals surface area (Å²) in [5.74, 6) is 5.17. The highest BCUT2D eigenvalue weighted by atomic mass is 32.1. The number of carbonyl (C=O) groups is 1. The quantitative estimate of drug-likeness (QED) is 0.314. The van der Waals surface area contributed by atoms with Crippen molar-refractivity contribution in [2.75, 3.05) is 20.3 Å². The van der Waals surface area contributed by atoms with E-state index in [0.717, 1.165) is 10.1 Å². The van der Waals surface area contributed by atoms with Gasteiger partial charge in [0.05, 0.1) is 30.0 Å². The van der Waals surface area contributed by atoms with Crippen LogP contribution in [0.1, 0.15) is 52.4 Å². The van der Waals surface area contributed by atoms with Gasteiger partial charge in [-0.3, -0.25) is 9.36 Å². The number of aryl methyl sites for hydroxylation is 1. The van der Waals surface area contributed by atoms with Crippen molar-refractivity contribution in [2.45, 2.75) is 45.4 Å². The SMILES string of the molecule is CC#Cc1sc2c(c1C)c(=O)n(-c1cccc(C(=O)O)n1)c(=O)n2CC(OC1CCOCC1)c1ccccc1OC. The second-order valence-electron chi connectivity index (χ2n) is 9.51. The Bertz CT molecular complexity index is 1790. The van der Waals surface area contributed by atoms with Crippen molar-refractivity contribution < 1.29 is 24.1 Å². The van der Waals surface area contributed by atoms with Crippen LogP contribution in [0.5, 0.6) is 5.75 Å². The first kappa shape index (κ1) is 28.3. The number of nitrogens with zero attached hydrogens (tertiary/aromatic N) is 3. The number of methoxy groups -OCH3 is 1. The van der Waals surface area contributed by atoms with Crippen LogP contribution in [0.15, 0.2) is 52.1 Å². The second-order valence-corrected chi connectivity index (χ2v) is 10.5. The van der Waals surface area contributed by atoms with Crippen LogP contribution in [0.4, 0.5) is 0 Å². The zero-order valence-corrected chi connectivity index (χ0v) is 23.7. The molecule has 4 aromatic rings. The Labute approximate surface area is 239 Å². The van der Waals surface area contributed by atoms with E-state index >= 15 is 0 Å². The smallest absolute Gasteiger partial charge is 0.354 e. The van der Waals surface area contributed by atoms with Crippen molar-refractivity contribution in [2.24, 2.45) is 0 Å². The van der Waals surface area contributed by atoms with Crippen LogP contribution in [0, 0.1) is 18.8 Å². The summed E-state index contributed by atoms with van der Waals surface area (Å²) in [6.45, 7) is 4.71. The summed E-state index contributed by atoms with van der Waals surface area (Å²) in [6, 6.07) is 11.7. The predicted octanol–water partition coefficient (Wildman–Crippen LogP) is 3.93. The number of ether oxygens (including phenoxy) is 3. The van der Waals surface area contributed by atoms with Gasteiger partial charge >= 0.3 is 11.7 Å². The van der Waals surface area contributed by atoms with E-state index in [1.807, 2.05) is 24.3 Å². The van der Waals surface area contributed by atoms with Gasteiger partial charge in [-0.25, -0.2) is 19.1 Å². The van der Waals surface area contributed by atoms with E-state index in [2.05, 4.69) is 16.8 Å². The number of aromatic nitrogens is 3. The van der Waals surface area contributed by atoms with Crippen LogP contribution in [0.2, 0.25) is 0 Å². The highest BCUT2D eigenvalue weighted by Crippen LogP contribution is 2.34. The topological polar surface area (TPSA) is 122 Å². The minimum Gasteiger partial charge on any atom is -0.496 e. The molecular formula is C30H29N3O7S. The van der Waals surface area contributed by atoms with Gasteiger partial charge in [-0.15, -0.1) is 17.3 Å². The van der Waals surface area contributed by atoms with E-state index in [-0.39, 0.29) is 24.2 Å². The standard InChI is InChI=1S/C30H29N3O7S/c1-4-8-24-18(2)26-27(34)33(25-12-7-10-21(31-25)29(35)36)30(37)32(28(26)41-24)17-23(40-19-13-15-39-16-14-19)20-9-5-6-11-22(20)38-3/h5-7,9-12,19,23H,13-17H2,1-3H3,(H,35,36). The van der Waals surface area contributed by atoms with Gasteiger partial charge in [0, 0.05) is 18.8 Å². The lowest BCUT2D eigenvalue weighted by atomic mass is 10.1. The zero-order chi connectivity index (χ0) is 29.1. The van der Waals surface area contributed by atoms with Crippen molar-refractivity contribution >= 4 is 27.5 Å². The van der Waals surface area contributed by atoms with Gasteiger partial charge in [-0.1, -0.05) is 30.2 Å². The average Bonchev–Trinajstić information content (AvgIpc) is 3.31. The molecule has 0 bridgehead atoms. The van der Waals surface area contributed by atoms with Crippen LogP contribution < -0.4 is 16.0 Å². The first-order valence-corrected chi connectivity index (χ1v) is 13.9. The van der Waals surface area contributed by atoms with Crippen LogP contribution >= 0.6 is 11.3 Å². The third-order valence-electron chi connectivity index (χ3n) is 6.99. The molecule has 0 radical (unpaired) electrons. The van der Waals surface area contributed by atoms with Crippen molar-refractivity contribution in [3.63, 3.8) is 0 Å². The Balaban J connectivity index is 1.75. The highest BCUT2D eigenvalue weighted by molar-refractivity contribution is 7.19. The van der Waals surface area contributed by atoms with Crippen molar-refractivity contribution in [3.05, 3.63) is 85.0 Å². The molecule has 1 atom stereocenters. The number of aromatic carboxylic acids is 1. The number of rotatable bonds is 8. The lowest BCUT2D eigenvalue weighted by molar-refractivity contribution is -0.0752. The highest BCUT2D eigenvalue weighted by Gasteiger charge is 2.28. The van der Waals surface area contributed by atoms with Crippen molar-refractivity contribution in [3.8, 4) is 23.4 Å². The normalized spacial score (nSPS) is 14.4. The Morgan fingerprint density at radius 1 is 1.20 bits per heavy atom. The Kier molecular flexibility index (Phi) is 8.35. The molecule has 10 nitrogen and oxygen atoms in total. The summed E-state index contributed by atoms with van der Waals surface area (Å²) in [6.07, 6.45) is 0.699. The number of carboxylic acids is 1. The molecule has 3 aromatic heterocycles. The summed E-state index contributed by atoms with van der Waals surface area (Å²) in [7, 11) is 1.58. The summed E-state index contributed by atoms with van der Waals surface area (Å²) in [5, 5.41) is 9.81. The molecule has 1 fully saturated rings. The fraction of sp³-hybridized carbons (Fsp3) is 0.333. The molecule has 41 heavy (non-hydrogen) atoms. The molecule has 4 heterocycles. The predicted molar refractivity (Wildman–Crippen MR) is 154 cm³/mol. The molecule has 1 aromatic carbocycles. The molecule has 11 heteroatoms. The second kappa shape index (κ2) is 12.1. The molecule has 1 N–H and O–H groups in total. The minimum atomic E-state index is -1.27. The molecule has 0 spiro atoms. The summed E-state index contributed by atoms with van der Waals surface area (Å²) >= 11 is 1.26. The number of pyridine rings is 1. The number of carboxylic acid groups (broad SMARTS) is 1. The van der Waals surface area contributed by atoms with Crippen molar-refractivity contribution in [1.29, 1.82) is 0 Å². The van der Waals surface area contributed by atoms with Gasteiger partial charge in [-0.05, 0) is 50.5 Å². The maximum absolute atomic E-state index is 14.2. The lowest BCUT2D eigenvalue weighted by Crippen LogP contribution is -2.40. The van der Waals surface area contributed by atoms with Gasteiger partial charge < -0.3 is 19.3 Å². The molecule has 1 saturated heterocycles. The van der Waals surface area contributed by atoms with E-state index in [1.165, 1.54) is 34.1 Å². The Hall–Kier alpha value is -4.24. The molecule has 212 valence electrons. The third-order valence-corrected chi connectivity index (χ3v) is 8.22. The summed E-state index contributed by atoms with van der Waals surface area (Å²) in [4.78, 5) is 44.9. The van der Waals surface area contributed by atoms with E-state index in [1.54, 1.807) is 21.0 Å². The van der Waals surface area contributed by atoms with Gasteiger partial charge in [-0.2, -0.15) is 0 Å². The van der Waals surface area contributed by atoms with E-state index < -0.39 is 23.3 Å².